The highest BCUT2D eigenvalue weighted by Gasteiger charge is 2.19. The van der Waals surface area contributed by atoms with E-state index in [1.165, 1.54) is 83.5 Å². The molecule has 0 rings (SSSR count). The van der Waals surface area contributed by atoms with Gasteiger partial charge in [-0.2, -0.15) is 0 Å². The summed E-state index contributed by atoms with van der Waals surface area (Å²) in [5, 5.41) is 0. The summed E-state index contributed by atoms with van der Waals surface area (Å²) in [7, 11) is 0. The summed E-state index contributed by atoms with van der Waals surface area (Å²) in [6.07, 6.45) is 75.1. The van der Waals surface area contributed by atoms with Crippen molar-refractivity contribution < 1.29 is 28.6 Å². The first kappa shape index (κ1) is 64.1. The number of ether oxygens (including phenoxy) is 3. The Balaban J connectivity index is 4.52. The van der Waals surface area contributed by atoms with Gasteiger partial charge in [0.25, 0.3) is 0 Å². The molecule has 0 amide bonds. The maximum Gasteiger partial charge on any atom is 0.306 e. The molecule has 6 nitrogen and oxygen atoms in total. The van der Waals surface area contributed by atoms with Crippen molar-refractivity contribution in [3.63, 3.8) is 0 Å². The number of carbonyl (C=O) groups is 3. The van der Waals surface area contributed by atoms with E-state index in [1.54, 1.807) is 0 Å². The van der Waals surface area contributed by atoms with Crippen LogP contribution in [0, 0.1) is 0 Å². The smallest absolute Gasteiger partial charge is 0.306 e. The molecule has 1 atom stereocenters. The lowest BCUT2D eigenvalue weighted by molar-refractivity contribution is -0.167. The maximum atomic E-state index is 12.8. The summed E-state index contributed by atoms with van der Waals surface area (Å²) in [4.78, 5) is 38.1. The quantitative estimate of drug-likeness (QED) is 0.0262. The van der Waals surface area contributed by atoms with Gasteiger partial charge in [-0.25, -0.2) is 0 Å². The number of unbranched alkanes of at least 4 members (excludes halogenated alkanes) is 20. The Kier molecular flexibility index (Phi) is 52.4. The van der Waals surface area contributed by atoms with Crippen LogP contribution >= 0.6 is 0 Å². The van der Waals surface area contributed by atoms with Gasteiger partial charge in [0.1, 0.15) is 13.2 Å². The summed E-state index contributed by atoms with van der Waals surface area (Å²) in [5.41, 5.74) is 0. The van der Waals surface area contributed by atoms with Gasteiger partial charge in [0.05, 0.1) is 0 Å². The first-order chi connectivity index (χ1) is 33.5. The minimum Gasteiger partial charge on any atom is -0.462 e. The zero-order chi connectivity index (χ0) is 49.3. The summed E-state index contributed by atoms with van der Waals surface area (Å²) in [5.74, 6) is -1.00. The van der Waals surface area contributed by atoms with Crippen LogP contribution < -0.4 is 0 Å². The largest absolute Gasteiger partial charge is 0.462 e. The highest BCUT2D eigenvalue weighted by molar-refractivity contribution is 5.71. The van der Waals surface area contributed by atoms with Crippen LogP contribution in [0.5, 0.6) is 0 Å². The van der Waals surface area contributed by atoms with E-state index in [9.17, 15) is 14.4 Å². The first-order valence-electron chi connectivity index (χ1n) is 27.9. The van der Waals surface area contributed by atoms with E-state index in [0.29, 0.717) is 19.3 Å². The molecule has 0 aromatic heterocycles. The second-order valence-corrected chi connectivity index (χ2v) is 18.1. The monoisotopic (exact) mass is 943 g/mol. The van der Waals surface area contributed by atoms with Crippen molar-refractivity contribution in [3.05, 3.63) is 109 Å². The summed E-state index contributed by atoms with van der Waals surface area (Å²) < 4.78 is 16.8. The Morgan fingerprint density at radius 1 is 0.309 bits per heavy atom. The van der Waals surface area contributed by atoms with Crippen LogP contribution in [0.1, 0.15) is 245 Å². The highest BCUT2D eigenvalue weighted by Crippen LogP contribution is 2.13. The van der Waals surface area contributed by atoms with Gasteiger partial charge < -0.3 is 14.2 Å². The van der Waals surface area contributed by atoms with E-state index >= 15 is 0 Å². The van der Waals surface area contributed by atoms with Crippen molar-refractivity contribution >= 4 is 17.9 Å². The molecule has 1 unspecified atom stereocenters. The molecule has 0 aliphatic carbocycles. The minimum atomic E-state index is -0.821. The van der Waals surface area contributed by atoms with Crippen molar-refractivity contribution in [1.82, 2.24) is 0 Å². The van der Waals surface area contributed by atoms with E-state index < -0.39 is 6.10 Å². The van der Waals surface area contributed by atoms with Crippen LogP contribution in [0.4, 0.5) is 0 Å². The Hall–Kier alpha value is -3.93. The molecule has 386 valence electrons. The van der Waals surface area contributed by atoms with E-state index in [2.05, 4.69) is 130 Å². The molecule has 0 aromatic carbocycles. The Morgan fingerprint density at radius 2 is 0.588 bits per heavy atom. The van der Waals surface area contributed by atoms with Gasteiger partial charge in [0.15, 0.2) is 6.10 Å². The fraction of sp³-hybridized carbons (Fsp3) is 0.661. The molecule has 0 N–H and O–H groups in total. The number of rotatable bonds is 49. The van der Waals surface area contributed by atoms with Crippen LogP contribution in [0.3, 0.4) is 0 Å². The van der Waals surface area contributed by atoms with Gasteiger partial charge in [-0.1, -0.05) is 214 Å². The fourth-order valence-corrected chi connectivity index (χ4v) is 7.30. The van der Waals surface area contributed by atoms with Crippen LogP contribution in [0.2, 0.25) is 0 Å². The fourth-order valence-electron chi connectivity index (χ4n) is 7.30. The first-order valence-corrected chi connectivity index (χ1v) is 27.9. The number of allylic oxidation sites excluding steroid dienone is 18. The van der Waals surface area contributed by atoms with Gasteiger partial charge in [-0.05, 0) is 122 Å². The number of carbonyl (C=O) groups excluding carboxylic acids is 3. The summed E-state index contributed by atoms with van der Waals surface area (Å²) >= 11 is 0. The van der Waals surface area contributed by atoms with Crippen molar-refractivity contribution in [2.45, 2.75) is 252 Å². The predicted molar refractivity (Wildman–Crippen MR) is 293 cm³/mol. The van der Waals surface area contributed by atoms with Gasteiger partial charge >= 0.3 is 17.9 Å². The van der Waals surface area contributed by atoms with Gasteiger partial charge in [-0.15, -0.1) is 0 Å². The number of hydrogen-bond donors (Lipinski definition) is 0. The van der Waals surface area contributed by atoms with E-state index in [0.717, 1.165) is 116 Å². The molecular formula is C62H102O6. The molecule has 0 heterocycles. The Morgan fingerprint density at radius 3 is 1.00 bits per heavy atom. The molecule has 0 spiro atoms. The third kappa shape index (κ3) is 53.0. The van der Waals surface area contributed by atoms with Crippen LogP contribution in [0.25, 0.3) is 0 Å². The van der Waals surface area contributed by atoms with E-state index in [1.807, 2.05) is 0 Å². The minimum absolute atomic E-state index is 0.114. The van der Waals surface area contributed by atoms with Crippen molar-refractivity contribution in [2.24, 2.45) is 0 Å². The third-order valence-corrected chi connectivity index (χ3v) is 11.5. The van der Waals surface area contributed by atoms with Crippen molar-refractivity contribution in [2.75, 3.05) is 13.2 Å². The lowest BCUT2D eigenvalue weighted by Crippen LogP contribution is -2.30. The van der Waals surface area contributed by atoms with Crippen LogP contribution in [-0.2, 0) is 28.6 Å². The summed E-state index contributed by atoms with van der Waals surface area (Å²) in [6.45, 7) is 6.42. The second-order valence-electron chi connectivity index (χ2n) is 18.1. The Bertz CT molecular complexity index is 1410. The SMILES string of the molecule is CC/C=C\C/C=C\C/C=C\C/C=C\CCCCCCCCC(=O)OCC(COC(=O)CCCCC/C=C\CCCCCCCCC)OC(=O)CCC/C=C\C/C=C\C/C=C\C/C=C\CCCCC. The molecular weight excluding hydrogens is 841 g/mol. The topological polar surface area (TPSA) is 78.9 Å². The zero-order valence-electron chi connectivity index (χ0n) is 44.1. The van der Waals surface area contributed by atoms with Crippen LogP contribution in [0.15, 0.2) is 109 Å². The number of hydrogen-bond acceptors (Lipinski definition) is 6. The molecule has 0 fully saturated rings. The van der Waals surface area contributed by atoms with Gasteiger partial charge in [0, 0.05) is 19.3 Å². The average Bonchev–Trinajstić information content (AvgIpc) is 3.34. The number of esters is 3. The van der Waals surface area contributed by atoms with E-state index in [4.69, 9.17) is 14.2 Å². The normalized spacial score (nSPS) is 12.9. The second kappa shape index (κ2) is 55.7. The van der Waals surface area contributed by atoms with Crippen molar-refractivity contribution in [3.8, 4) is 0 Å². The molecule has 6 heteroatoms. The van der Waals surface area contributed by atoms with Gasteiger partial charge in [0.2, 0.25) is 0 Å². The molecule has 0 saturated carbocycles. The molecule has 68 heavy (non-hydrogen) atoms. The predicted octanol–water partition coefficient (Wildman–Crippen LogP) is 18.7. The molecule has 0 radical (unpaired) electrons. The lowest BCUT2D eigenvalue weighted by atomic mass is 10.1. The highest BCUT2D eigenvalue weighted by atomic mass is 16.6. The molecule has 0 aliphatic heterocycles. The van der Waals surface area contributed by atoms with Crippen molar-refractivity contribution in [1.29, 1.82) is 0 Å². The molecule has 0 aromatic rings. The Labute approximate surface area is 419 Å². The van der Waals surface area contributed by atoms with Crippen LogP contribution in [-0.4, -0.2) is 37.2 Å². The van der Waals surface area contributed by atoms with Gasteiger partial charge in [-0.3, -0.25) is 14.4 Å². The molecule has 0 bridgehead atoms. The summed E-state index contributed by atoms with van der Waals surface area (Å²) in [6, 6.07) is 0. The molecule has 0 saturated heterocycles. The lowest BCUT2D eigenvalue weighted by Gasteiger charge is -2.18. The average molecular weight is 943 g/mol. The van der Waals surface area contributed by atoms with E-state index in [-0.39, 0.29) is 37.5 Å². The maximum absolute atomic E-state index is 12.8. The third-order valence-electron chi connectivity index (χ3n) is 11.5. The standard InChI is InChI=1S/C62H102O6/c1-4-7-10-13-16-19-22-25-28-30-31-33-34-37-40-43-46-49-52-55-61(64)67-58-59(57-66-60(63)54-51-48-45-42-39-36-27-24-21-18-15-12-9-6-3)68-62(65)56-53-50-47-44-41-38-35-32-29-26-23-20-17-14-11-8-5-2/h7,10,16-17,19-20,25-26,28-29,31,33,35-36,38-39,44,47,59H,4-6,8-9,11-15,18,21-24,27,30,32,34,37,40-43,45-46,48-58H2,1-3H3/b10-7-,19-16-,20-17-,28-25-,29-26-,33-31-,38-35-,39-36-,47-44-. The molecule has 0 aliphatic rings. The zero-order valence-corrected chi connectivity index (χ0v) is 44.1.